The van der Waals surface area contributed by atoms with Crippen LogP contribution in [0, 0.1) is 5.92 Å². The van der Waals surface area contributed by atoms with Gasteiger partial charge in [0.1, 0.15) is 0 Å². The summed E-state index contributed by atoms with van der Waals surface area (Å²) in [5.74, 6) is 0.138. The molecule has 0 aromatic carbocycles. The van der Waals surface area contributed by atoms with Crippen molar-refractivity contribution in [3.05, 3.63) is 0 Å². The van der Waals surface area contributed by atoms with E-state index in [1.807, 2.05) is 0 Å². The molecule has 0 radical (unpaired) electrons. The van der Waals surface area contributed by atoms with Crippen LogP contribution in [0.2, 0.25) is 0 Å². The smallest absolute Gasteiger partial charge is 0.217 e. The minimum atomic E-state index is -0.320. The van der Waals surface area contributed by atoms with Crippen LogP contribution in [0.3, 0.4) is 0 Å². The molecule has 0 aromatic heterocycles. The lowest BCUT2D eigenvalue weighted by molar-refractivity contribution is -0.118. The van der Waals surface area contributed by atoms with Crippen molar-refractivity contribution in [2.45, 2.75) is 31.8 Å². The second-order valence-corrected chi connectivity index (χ2v) is 2.91. The molecule has 3 nitrogen and oxygen atoms in total. The van der Waals surface area contributed by atoms with Gasteiger partial charge in [-0.3, -0.25) is 4.79 Å². The van der Waals surface area contributed by atoms with Gasteiger partial charge in [-0.1, -0.05) is 0 Å². The SMILES string of the molecule is NC(=O)CCC(O)C1CC1. The summed E-state index contributed by atoms with van der Waals surface area (Å²) in [6.45, 7) is 0. The summed E-state index contributed by atoms with van der Waals surface area (Å²) in [5, 5.41) is 9.23. The third-order valence-corrected chi connectivity index (χ3v) is 1.85. The monoisotopic (exact) mass is 143 g/mol. The second kappa shape index (κ2) is 3.01. The first-order valence-corrected chi connectivity index (χ1v) is 3.66. The highest BCUT2D eigenvalue weighted by Crippen LogP contribution is 2.34. The molecule has 1 amide bonds. The van der Waals surface area contributed by atoms with Gasteiger partial charge < -0.3 is 10.8 Å². The Balaban J connectivity index is 2.05. The molecule has 1 atom stereocenters. The number of nitrogens with two attached hydrogens (primary N) is 1. The fourth-order valence-electron chi connectivity index (χ4n) is 1.01. The molecular weight excluding hydrogens is 130 g/mol. The topological polar surface area (TPSA) is 63.3 Å². The highest BCUT2D eigenvalue weighted by Gasteiger charge is 2.29. The number of amides is 1. The molecule has 1 fully saturated rings. The first-order chi connectivity index (χ1) is 4.70. The van der Waals surface area contributed by atoms with Crippen molar-refractivity contribution >= 4 is 5.91 Å². The zero-order valence-corrected chi connectivity index (χ0v) is 5.92. The van der Waals surface area contributed by atoms with Crippen molar-refractivity contribution in [3.8, 4) is 0 Å². The fourth-order valence-corrected chi connectivity index (χ4v) is 1.01. The summed E-state index contributed by atoms with van der Waals surface area (Å²) in [5.41, 5.74) is 4.91. The van der Waals surface area contributed by atoms with Gasteiger partial charge in [0.15, 0.2) is 0 Å². The Kier molecular flexibility index (Phi) is 2.27. The number of aliphatic hydroxyl groups is 1. The summed E-state index contributed by atoms with van der Waals surface area (Å²) in [7, 11) is 0. The molecule has 1 saturated carbocycles. The maximum atomic E-state index is 10.3. The lowest BCUT2D eigenvalue weighted by atomic mass is 10.1. The highest BCUT2D eigenvalue weighted by atomic mass is 16.3. The van der Waals surface area contributed by atoms with Gasteiger partial charge in [0.05, 0.1) is 6.10 Å². The van der Waals surface area contributed by atoms with Crippen LogP contribution in [0.4, 0.5) is 0 Å². The number of primary amides is 1. The molecule has 0 bridgehead atoms. The summed E-state index contributed by atoms with van der Waals surface area (Å²) in [4.78, 5) is 10.3. The zero-order chi connectivity index (χ0) is 7.56. The van der Waals surface area contributed by atoms with E-state index in [1.165, 1.54) is 0 Å². The second-order valence-electron chi connectivity index (χ2n) is 2.91. The quantitative estimate of drug-likeness (QED) is 0.583. The molecule has 10 heavy (non-hydrogen) atoms. The molecule has 0 aromatic rings. The number of carbonyl (C=O) groups is 1. The predicted molar refractivity (Wildman–Crippen MR) is 37.2 cm³/mol. The van der Waals surface area contributed by atoms with Crippen molar-refractivity contribution in [3.63, 3.8) is 0 Å². The lowest BCUT2D eigenvalue weighted by Crippen LogP contribution is -2.16. The van der Waals surface area contributed by atoms with Gasteiger partial charge in [-0.25, -0.2) is 0 Å². The third kappa shape index (κ3) is 2.35. The molecule has 1 aliphatic carbocycles. The molecule has 3 N–H and O–H groups in total. The van der Waals surface area contributed by atoms with Crippen LogP contribution in [0.15, 0.2) is 0 Å². The molecule has 1 aliphatic rings. The van der Waals surface area contributed by atoms with E-state index in [0.29, 0.717) is 18.8 Å². The highest BCUT2D eigenvalue weighted by molar-refractivity contribution is 5.73. The molecule has 0 spiro atoms. The van der Waals surface area contributed by atoms with E-state index in [-0.39, 0.29) is 12.0 Å². The van der Waals surface area contributed by atoms with Crippen LogP contribution in [-0.2, 0) is 4.79 Å². The molecule has 1 unspecified atom stereocenters. The number of hydrogen-bond donors (Lipinski definition) is 2. The zero-order valence-electron chi connectivity index (χ0n) is 5.92. The molecular formula is C7H13NO2. The van der Waals surface area contributed by atoms with Crippen LogP contribution < -0.4 is 5.73 Å². The van der Waals surface area contributed by atoms with E-state index in [4.69, 9.17) is 5.73 Å². The summed E-state index contributed by atoms with van der Waals surface area (Å²) < 4.78 is 0. The first kappa shape index (κ1) is 7.54. The Labute approximate surface area is 60.2 Å². The van der Waals surface area contributed by atoms with Gasteiger partial charge in [0.2, 0.25) is 5.91 Å². The molecule has 0 heterocycles. The van der Waals surface area contributed by atoms with Crippen molar-refractivity contribution < 1.29 is 9.90 Å². The molecule has 3 heteroatoms. The van der Waals surface area contributed by atoms with E-state index < -0.39 is 0 Å². The van der Waals surface area contributed by atoms with Gasteiger partial charge in [-0.15, -0.1) is 0 Å². The standard InChI is InChI=1S/C7H13NO2/c8-7(10)4-3-6(9)5-1-2-5/h5-6,9H,1-4H2,(H2,8,10). The predicted octanol–water partition coefficient (Wildman–Crippen LogP) is 0.0228. The van der Waals surface area contributed by atoms with Crippen LogP contribution in [0.1, 0.15) is 25.7 Å². The molecule has 1 rings (SSSR count). The lowest BCUT2D eigenvalue weighted by Gasteiger charge is -2.05. The average Bonchev–Trinajstić information content (AvgIpc) is 2.63. The summed E-state index contributed by atoms with van der Waals surface area (Å²) in [6.07, 6.45) is 2.80. The summed E-state index contributed by atoms with van der Waals surface area (Å²) in [6, 6.07) is 0. The van der Waals surface area contributed by atoms with Crippen molar-refractivity contribution in [1.29, 1.82) is 0 Å². The van der Waals surface area contributed by atoms with E-state index in [2.05, 4.69) is 0 Å². The number of rotatable bonds is 4. The van der Waals surface area contributed by atoms with E-state index in [9.17, 15) is 9.90 Å². The van der Waals surface area contributed by atoms with Gasteiger partial charge >= 0.3 is 0 Å². The average molecular weight is 143 g/mol. The molecule has 0 saturated heterocycles. The van der Waals surface area contributed by atoms with Crippen molar-refractivity contribution in [2.75, 3.05) is 0 Å². The molecule has 58 valence electrons. The third-order valence-electron chi connectivity index (χ3n) is 1.85. The van der Waals surface area contributed by atoms with Gasteiger partial charge in [0.25, 0.3) is 0 Å². The Morgan fingerprint density at radius 1 is 1.70 bits per heavy atom. The van der Waals surface area contributed by atoms with E-state index >= 15 is 0 Å². The normalized spacial score (nSPS) is 20.5. The van der Waals surface area contributed by atoms with E-state index in [1.54, 1.807) is 0 Å². The van der Waals surface area contributed by atoms with Crippen molar-refractivity contribution in [2.24, 2.45) is 11.7 Å². The maximum absolute atomic E-state index is 10.3. The van der Waals surface area contributed by atoms with Gasteiger partial charge in [-0.05, 0) is 25.2 Å². The van der Waals surface area contributed by atoms with Crippen LogP contribution >= 0.6 is 0 Å². The maximum Gasteiger partial charge on any atom is 0.217 e. The Morgan fingerprint density at radius 2 is 2.30 bits per heavy atom. The number of aliphatic hydroxyl groups excluding tert-OH is 1. The Hall–Kier alpha value is -0.570. The fraction of sp³-hybridized carbons (Fsp3) is 0.857. The van der Waals surface area contributed by atoms with Crippen LogP contribution in [0.5, 0.6) is 0 Å². The van der Waals surface area contributed by atoms with Crippen molar-refractivity contribution in [1.82, 2.24) is 0 Å². The minimum Gasteiger partial charge on any atom is -0.393 e. The number of hydrogen-bond acceptors (Lipinski definition) is 2. The van der Waals surface area contributed by atoms with Crippen LogP contribution in [-0.4, -0.2) is 17.1 Å². The van der Waals surface area contributed by atoms with Crippen LogP contribution in [0.25, 0.3) is 0 Å². The summed E-state index contributed by atoms with van der Waals surface area (Å²) >= 11 is 0. The molecule has 0 aliphatic heterocycles. The van der Waals surface area contributed by atoms with Gasteiger partial charge in [-0.2, -0.15) is 0 Å². The minimum absolute atomic E-state index is 0.285. The van der Waals surface area contributed by atoms with Gasteiger partial charge in [0, 0.05) is 6.42 Å². The Bertz CT molecular complexity index is 132. The van der Waals surface area contributed by atoms with E-state index in [0.717, 1.165) is 12.8 Å². The first-order valence-electron chi connectivity index (χ1n) is 3.66. The Morgan fingerprint density at radius 3 is 2.70 bits per heavy atom. The number of carbonyl (C=O) groups excluding carboxylic acids is 1. The largest absolute Gasteiger partial charge is 0.393 e.